The Hall–Kier alpha value is -3.32. The highest BCUT2D eigenvalue weighted by Gasteiger charge is 2.27. The number of nitrogens with one attached hydrogen (secondary N) is 1. The lowest BCUT2D eigenvalue weighted by Gasteiger charge is -2.20. The zero-order valence-electron chi connectivity index (χ0n) is 20.0. The minimum absolute atomic E-state index is 0. The number of methoxy groups -OCH3 is 2. The number of anilines is 1. The second-order valence-electron chi connectivity index (χ2n) is 8.32. The Morgan fingerprint density at radius 3 is 2.43 bits per heavy atom. The van der Waals surface area contributed by atoms with Gasteiger partial charge < -0.3 is 36.5 Å². The van der Waals surface area contributed by atoms with Crippen molar-refractivity contribution in [1.29, 1.82) is 0 Å². The van der Waals surface area contributed by atoms with E-state index in [9.17, 15) is 4.39 Å². The lowest BCUT2D eigenvalue weighted by atomic mass is 9.95. The van der Waals surface area contributed by atoms with Crippen LogP contribution in [0.4, 0.5) is 10.1 Å². The zero-order valence-corrected chi connectivity index (χ0v) is 21.6. The minimum Gasteiger partial charge on any atom is -1.00 e. The Morgan fingerprint density at radius 1 is 0.943 bits per heavy atom. The first kappa shape index (κ1) is 24.8. The number of nitrogens with zero attached hydrogens (tertiary/aromatic N) is 1. The van der Waals surface area contributed by atoms with Gasteiger partial charge in [0.2, 0.25) is 5.69 Å². The highest BCUT2D eigenvalue weighted by atomic mass is 79.9. The Labute approximate surface area is 215 Å². The van der Waals surface area contributed by atoms with Gasteiger partial charge in [0.1, 0.15) is 11.6 Å². The lowest BCUT2D eigenvalue weighted by Crippen LogP contribution is -3.00. The molecule has 3 aromatic carbocycles. The van der Waals surface area contributed by atoms with Crippen molar-refractivity contribution in [3.63, 3.8) is 0 Å². The van der Waals surface area contributed by atoms with Crippen molar-refractivity contribution in [2.24, 2.45) is 0 Å². The van der Waals surface area contributed by atoms with E-state index in [-0.39, 0.29) is 22.8 Å². The van der Waals surface area contributed by atoms with Gasteiger partial charge in [-0.2, -0.15) is 4.57 Å². The van der Waals surface area contributed by atoms with Gasteiger partial charge in [-0.15, -0.1) is 0 Å². The standard InChI is InChI=1S/C28H27FN2O3.BrH/c1-4-34-27-14-20-11-12-31-17-23-19(13-24(31)22(20)15-26(27)33-3)7-10-25(32-2)28(23)30-16-18-5-8-21(29)9-6-18;/h5-10,13-15,17H,4,11-12,16H2,1-3H3;1H. The topological polar surface area (TPSA) is 43.6 Å². The van der Waals surface area contributed by atoms with Gasteiger partial charge in [-0.05, 0) is 53.8 Å². The van der Waals surface area contributed by atoms with Crippen LogP contribution in [-0.2, 0) is 19.5 Å². The van der Waals surface area contributed by atoms with Gasteiger partial charge in [0, 0.05) is 19.0 Å². The number of halogens is 2. The van der Waals surface area contributed by atoms with Crippen LogP contribution < -0.4 is 41.1 Å². The van der Waals surface area contributed by atoms with E-state index in [0.29, 0.717) is 13.2 Å². The average Bonchev–Trinajstić information content (AvgIpc) is 2.86. The monoisotopic (exact) mass is 538 g/mol. The Balaban J connectivity index is 0.00000289. The number of aromatic nitrogens is 1. The second-order valence-corrected chi connectivity index (χ2v) is 8.32. The Morgan fingerprint density at radius 2 is 1.71 bits per heavy atom. The minimum atomic E-state index is -0.236. The molecule has 1 aliphatic rings. The first-order chi connectivity index (χ1) is 16.6. The summed E-state index contributed by atoms with van der Waals surface area (Å²) in [5.41, 5.74) is 5.48. The molecule has 0 saturated heterocycles. The van der Waals surface area contributed by atoms with Crippen molar-refractivity contribution in [3.05, 3.63) is 77.7 Å². The van der Waals surface area contributed by atoms with Crippen molar-refractivity contribution >= 4 is 16.5 Å². The molecule has 0 saturated carbocycles. The molecular weight excluding hydrogens is 511 g/mol. The summed E-state index contributed by atoms with van der Waals surface area (Å²) in [6, 6.07) is 17.0. The molecule has 5 rings (SSSR count). The van der Waals surface area contributed by atoms with Gasteiger partial charge in [-0.3, -0.25) is 0 Å². The zero-order chi connectivity index (χ0) is 23.7. The Kier molecular flexibility index (Phi) is 7.45. The van der Waals surface area contributed by atoms with E-state index in [2.05, 4.69) is 40.3 Å². The summed E-state index contributed by atoms with van der Waals surface area (Å²) < 4.78 is 32.6. The fraction of sp³-hybridized carbons (Fsp3) is 0.250. The van der Waals surface area contributed by atoms with E-state index in [1.807, 2.05) is 13.0 Å². The fourth-order valence-corrected chi connectivity index (χ4v) is 4.61. The number of ether oxygens (including phenoxy) is 3. The summed E-state index contributed by atoms with van der Waals surface area (Å²) in [6.07, 6.45) is 3.09. The van der Waals surface area contributed by atoms with Crippen LogP contribution in [0.15, 0.2) is 60.8 Å². The molecule has 35 heavy (non-hydrogen) atoms. The van der Waals surface area contributed by atoms with Crippen LogP contribution in [0.3, 0.4) is 0 Å². The van der Waals surface area contributed by atoms with Gasteiger partial charge in [-0.1, -0.05) is 18.2 Å². The molecule has 0 atom stereocenters. The van der Waals surface area contributed by atoms with Crippen LogP contribution in [0.5, 0.6) is 17.2 Å². The maximum atomic E-state index is 13.3. The summed E-state index contributed by atoms with van der Waals surface area (Å²) in [7, 11) is 3.35. The molecule has 0 spiro atoms. The van der Waals surface area contributed by atoms with Crippen LogP contribution in [0.2, 0.25) is 0 Å². The summed E-state index contributed by atoms with van der Waals surface area (Å²) in [6.45, 7) is 4.01. The predicted octanol–water partition coefficient (Wildman–Crippen LogP) is 2.52. The van der Waals surface area contributed by atoms with Gasteiger partial charge in [0.25, 0.3) is 0 Å². The van der Waals surface area contributed by atoms with E-state index >= 15 is 0 Å². The number of pyridine rings is 1. The number of fused-ring (bicyclic) bond motifs is 4. The molecule has 1 N–H and O–H groups in total. The lowest BCUT2D eigenvalue weighted by molar-refractivity contribution is -0.686. The van der Waals surface area contributed by atoms with Crippen LogP contribution in [0, 0.1) is 5.82 Å². The number of aryl methyl sites for hydroxylation is 2. The largest absolute Gasteiger partial charge is 1.00 e. The summed E-state index contributed by atoms with van der Waals surface area (Å²) in [5.74, 6) is 2.06. The van der Waals surface area contributed by atoms with E-state index in [0.717, 1.165) is 63.5 Å². The smallest absolute Gasteiger partial charge is 0.213 e. The molecule has 4 aromatic rings. The van der Waals surface area contributed by atoms with Crippen LogP contribution >= 0.6 is 0 Å². The highest BCUT2D eigenvalue weighted by Crippen LogP contribution is 2.39. The van der Waals surface area contributed by atoms with E-state index in [1.165, 1.54) is 17.7 Å². The maximum absolute atomic E-state index is 13.3. The molecule has 5 nitrogen and oxygen atoms in total. The van der Waals surface area contributed by atoms with E-state index in [4.69, 9.17) is 14.2 Å². The molecule has 182 valence electrons. The van der Waals surface area contributed by atoms with Crippen molar-refractivity contribution < 1.29 is 40.1 Å². The highest BCUT2D eigenvalue weighted by molar-refractivity contribution is 5.97. The molecule has 2 heterocycles. The molecule has 0 amide bonds. The first-order valence-electron chi connectivity index (χ1n) is 11.5. The van der Waals surface area contributed by atoms with Gasteiger partial charge in [0.15, 0.2) is 24.2 Å². The summed E-state index contributed by atoms with van der Waals surface area (Å²) in [5, 5.41) is 5.69. The summed E-state index contributed by atoms with van der Waals surface area (Å²) >= 11 is 0. The van der Waals surface area contributed by atoms with Gasteiger partial charge >= 0.3 is 0 Å². The van der Waals surface area contributed by atoms with Crippen LogP contribution in [0.1, 0.15) is 18.1 Å². The number of rotatable bonds is 7. The molecule has 1 aliphatic heterocycles. The van der Waals surface area contributed by atoms with Crippen molar-refractivity contribution in [2.75, 3.05) is 26.1 Å². The molecule has 7 heteroatoms. The maximum Gasteiger partial charge on any atom is 0.213 e. The average molecular weight is 539 g/mol. The number of benzene rings is 3. The fourth-order valence-electron chi connectivity index (χ4n) is 4.61. The van der Waals surface area contributed by atoms with E-state index < -0.39 is 0 Å². The third-order valence-electron chi connectivity index (χ3n) is 6.32. The second kappa shape index (κ2) is 10.5. The molecule has 0 fully saturated rings. The molecule has 0 bridgehead atoms. The van der Waals surface area contributed by atoms with Crippen LogP contribution in [0.25, 0.3) is 22.0 Å². The molecular formula is C28H28BrFN2O3. The molecule has 1 aromatic heterocycles. The number of hydrogen-bond donors (Lipinski definition) is 1. The number of hydrogen-bond acceptors (Lipinski definition) is 4. The third kappa shape index (κ3) is 4.78. The third-order valence-corrected chi connectivity index (χ3v) is 6.32. The molecule has 0 unspecified atom stereocenters. The van der Waals surface area contributed by atoms with Gasteiger partial charge in [-0.25, -0.2) is 4.39 Å². The van der Waals surface area contributed by atoms with Crippen molar-refractivity contribution in [1.82, 2.24) is 0 Å². The van der Waals surface area contributed by atoms with Gasteiger partial charge in [0.05, 0.1) is 37.5 Å². The SMILES string of the molecule is CCOc1cc2c(cc1OC)-c1cc3ccc(OC)c(NCc4ccc(F)cc4)c3c[n+]1CC2.[Br-]. The molecule has 0 aliphatic carbocycles. The van der Waals surface area contributed by atoms with E-state index in [1.54, 1.807) is 26.4 Å². The Bertz CT molecular complexity index is 1360. The molecule has 0 radical (unpaired) electrons. The normalized spacial score (nSPS) is 11.8. The van der Waals surface area contributed by atoms with Crippen molar-refractivity contribution in [3.8, 4) is 28.5 Å². The predicted molar refractivity (Wildman–Crippen MR) is 131 cm³/mol. The first-order valence-corrected chi connectivity index (χ1v) is 11.5. The quantitative estimate of drug-likeness (QED) is 0.367. The van der Waals surface area contributed by atoms with Crippen LogP contribution in [-0.4, -0.2) is 20.8 Å². The van der Waals surface area contributed by atoms with Crippen molar-refractivity contribution in [2.45, 2.75) is 26.4 Å². The summed E-state index contributed by atoms with van der Waals surface area (Å²) in [4.78, 5) is 0.